The van der Waals surface area contributed by atoms with Gasteiger partial charge in [0.15, 0.2) is 5.16 Å². The highest BCUT2D eigenvalue weighted by atomic mass is 35.5. The number of rotatable bonds is 5. The summed E-state index contributed by atoms with van der Waals surface area (Å²) in [6, 6.07) is 15.1. The molecule has 0 spiro atoms. The fourth-order valence-corrected chi connectivity index (χ4v) is 3.07. The average molecular weight is 359 g/mol. The molecule has 0 fully saturated rings. The van der Waals surface area contributed by atoms with Gasteiger partial charge in [0, 0.05) is 10.7 Å². The van der Waals surface area contributed by atoms with Gasteiger partial charge in [-0.25, -0.2) is 0 Å². The summed E-state index contributed by atoms with van der Waals surface area (Å²) < 4.78 is 1.80. The first-order valence-corrected chi connectivity index (χ1v) is 8.64. The fraction of sp³-hybridized carbons (Fsp3) is 0.118. The Hall–Kier alpha value is -2.31. The van der Waals surface area contributed by atoms with E-state index < -0.39 is 0 Å². The van der Waals surface area contributed by atoms with Crippen molar-refractivity contribution < 1.29 is 4.79 Å². The third-order valence-corrected chi connectivity index (χ3v) is 4.53. The first kappa shape index (κ1) is 16.5. The van der Waals surface area contributed by atoms with Crippen LogP contribution in [0.25, 0.3) is 5.69 Å². The smallest absolute Gasteiger partial charge is 0.234 e. The molecule has 0 aliphatic heterocycles. The third-order valence-electron chi connectivity index (χ3n) is 3.35. The molecule has 0 aliphatic rings. The summed E-state index contributed by atoms with van der Waals surface area (Å²) in [7, 11) is 0. The Balaban J connectivity index is 1.67. The predicted molar refractivity (Wildman–Crippen MR) is 96.9 cm³/mol. The largest absolute Gasteiger partial charge is 0.325 e. The van der Waals surface area contributed by atoms with Gasteiger partial charge in [-0.15, -0.1) is 10.2 Å². The van der Waals surface area contributed by atoms with E-state index in [0.29, 0.717) is 10.2 Å². The normalized spacial score (nSPS) is 10.6. The summed E-state index contributed by atoms with van der Waals surface area (Å²) in [6.07, 6.45) is 1.60. The topological polar surface area (TPSA) is 59.8 Å². The lowest BCUT2D eigenvalue weighted by atomic mass is 10.2. The Kier molecular flexibility index (Phi) is 5.17. The highest BCUT2D eigenvalue weighted by molar-refractivity contribution is 7.99. The average Bonchev–Trinajstić information content (AvgIpc) is 3.04. The lowest BCUT2D eigenvalue weighted by Gasteiger charge is -2.08. The van der Waals surface area contributed by atoms with Crippen LogP contribution in [-0.4, -0.2) is 26.4 Å². The molecule has 3 aromatic rings. The Morgan fingerprint density at radius 1 is 1.25 bits per heavy atom. The fourth-order valence-electron chi connectivity index (χ4n) is 2.16. The number of thioether (sulfide) groups is 1. The molecule has 0 aliphatic carbocycles. The number of halogens is 1. The molecule has 1 amide bonds. The molecular formula is C17H15ClN4OS. The van der Waals surface area contributed by atoms with Crippen LogP contribution in [0.3, 0.4) is 0 Å². The van der Waals surface area contributed by atoms with E-state index in [9.17, 15) is 4.79 Å². The Morgan fingerprint density at radius 2 is 2.08 bits per heavy atom. The molecule has 0 atom stereocenters. The monoisotopic (exact) mass is 358 g/mol. The molecule has 3 rings (SSSR count). The Morgan fingerprint density at radius 3 is 2.88 bits per heavy atom. The lowest BCUT2D eigenvalue weighted by Crippen LogP contribution is -2.15. The molecule has 24 heavy (non-hydrogen) atoms. The summed E-state index contributed by atoms with van der Waals surface area (Å²) in [6.45, 7) is 1.96. The van der Waals surface area contributed by atoms with Crippen molar-refractivity contribution in [2.75, 3.05) is 11.1 Å². The molecule has 1 heterocycles. The second kappa shape index (κ2) is 7.51. The number of nitrogens with zero attached hydrogens (tertiary/aromatic N) is 3. The number of carbonyl (C=O) groups excluding carboxylic acids is 1. The number of amides is 1. The van der Waals surface area contributed by atoms with Gasteiger partial charge in [-0.1, -0.05) is 47.6 Å². The summed E-state index contributed by atoms with van der Waals surface area (Å²) in [5.74, 6) is 0.156. The summed E-state index contributed by atoms with van der Waals surface area (Å²) in [4.78, 5) is 12.2. The van der Waals surface area contributed by atoms with Crippen molar-refractivity contribution in [1.29, 1.82) is 0 Å². The first-order chi connectivity index (χ1) is 11.6. The van der Waals surface area contributed by atoms with E-state index in [-0.39, 0.29) is 11.7 Å². The summed E-state index contributed by atoms with van der Waals surface area (Å²) in [5.41, 5.74) is 2.70. The van der Waals surface area contributed by atoms with Crippen LogP contribution in [0.15, 0.2) is 60.0 Å². The van der Waals surface area contributed by atoms with Gasteiger partial charge in [0.05, 0.1) is 11.4 Å². The summed E-state index contributed by atoms with van der Waals surface area (Å²) >= 11 is 7.34. The van der Waals surface area contributed by atoms with Gasteiger partial charge < -0.3 is 5.32 Å². The van der Waals surface area contributed by atoms with Crippen LogP contribution >= 0.6 is 23.4 Å². The van der Waals surface area contributed by atoms with Crippen LogP contribution in [0.4, 0.5) is 5.69 Å². The molecular weight excluding hydrogens is 344 g/mol. The molecule has 2 aromatic carbocycles. The Bertz CT molecular complexity index is 865. The van der Waals surface area contributed by atoms with Gasteiger partial charge in [0.2, 0.25) is 5.91 Å². The maximum Gasteiger partial charge on any atom is 0.234 e. The van der Waals surface area contributed by atoms with Gasteiger partial charge in [0.25, 0.3) is 0 Å². The van der Waals surface area contributed by atoms with Crippen molar-refractivity contribution in [1.82, 2.24) is 14.8 Å². The molecule has 122 valence electrons. The molecule has 5 nitrogen and oxygen atoms in total. The van der Waals surface area contributed by atoms with Gasteiger partial charge >= 0.3 is 0 Å². The number of benzene rings is 2. The minimum Gasteiger partial charge on any atom is -0.325 e. The number of anilines is 1. The van der Waals surface area contributed by atoms with Gasteiger partial charge in [-0.05, 0) is 36.8 Å². The second-order valence-corrected chi connectivity index (χ2v) is 6.49. The van der Waals surface area contributed by atoms with Crippen LogP contribution in [0, 0.1) is 6.92 Å². The molecule has 0 unspecified atom stereocenters. The molecule has 1 aromatic heterocycles. The van der Waals surface area contributed by atoms with E-state index in [1.165, 1.54) is 11.8 Å². The van der Waals surface area contributed by atoms with Crippen molar-refractivity contribution >= 4 is 35.0 Å². The summed E-state index contributed by atoms with van der Waals surface area (Å²) in [5, 5.41) is 12.2. The van der Waals surface area contributed by atoms with E-state index in [1.54, 1.807) is 17.0 Å². The minimum atomic E-state index is -0.0880. The third kappa shape index (κ3) is 3.96. The van der Waals surface area contributed by atoms with Crippen LogP contribution in [0.2, 0.25) is 5.02 Å². The van der Waals surface area contributed by atoms with E-state index >= 15 is 0 Å². The first-order valence-electron chi connectivity index (χ1n) is 7.28. The zero-order valence-electron chi connectivity index (χ0n) is 12.9. The standard InChI is InChI=1S/C17H15ClN4OS/c1-12-5-2-3-8-15(12)20-16(23)10-24-17-21-19-11-22(17)14-7-4-6-13(18)9-14/h2-9,11H,10H2,1H3,(H,20,23). The van der Waals surface area contributed by atoms with Crippen LogP contribution in [0.1, 0.15) is 5.56 Å². The van der Waals surface area contributed by atoms with Crippen molar-refractivity contribution in [3.63, 3.8) is 0 Å². The van der Waals surface area contributed by atoms with Gasteiger partial charge in [-0.2, -0.15) is 0 Å². The van der Waals surface area contributed by atoms with E-state index in [0.717, 1.165) is 16.9 Å². The highest BCUT2D eigenvalue weighted by Crippen LogP contribution is 2.22. The maximum absolute atomic E-state index is 12.2. The van der Waals surface area contributed by atoms with Gasteiger partial charge in [-0.3, -0.25) is 9.36 Å². The zero-order chi connectivity index (χ0) is 16.9. The molecule has 0 radical (unpaired) electrons. The second-order valence-electron chi connectivity index (χ2n) is 5.12. The SMILES string of the molecule is Cc1ccccc1NC(=O)CSc1nncn1-c1cccc(Cl)c1. The van der Waals surface area contributed by atoms with E-state index in [4.69, 9.17) is 11.6 Å². The highest BCUT2D eigenvalue weighted by Gasteiger charge is 2.11. The molecule has 0 bridgehead atoms. The van der Waals surface area contributed by atoms with Crippen molar-refractivity contribution in [2.45, 2.75) is 12.1 Å². The molecule has 0 saturated heterocycles. The molecule has 7 heteroatoms. The predicted octanol–water partition coefficient (Wildman–Crippen LogP) is 3.96. The molecule has 1 N–H and O–H groups in total. The lowest BCUT2D eigenvalue weighted by molar-refractivity contribution is -0.113. The number of hydrogen-bond donors (Lipinski definition) is 1. The van der Waals surface area contributed by atoms with E-state index in [1.807, 2.05) is 49.4 Å². The van der Waals surface area contributed by atoms with Crippen molar-refractivity contribution in [2.24, 2.45) is 0 Å². The number of hydrogen-bond acceptors (Lipinski definition) is 4. The number of aromatic nitrogens is 3. The number of nitrogens with one attached hydrogen (secondary N) is 1. The number of para-hydroxylation sites is 1. The Labute approximate surface area is 149 Å². The van der Waals surface area contributed by atoms with Crippen LogP contribution < -0.4 is 5.32 Å². The molecule has 0 saturated carbocycles. The van der Waals surface area contributed by atoms with E-state index in [2.05, 4.69) is 15.5 Å². The minimum absolute atomic E-state index is 0.0880. The van der Waals surface area contributed by atoms with Crippen LogP contribution in [0.5, 0.6) is 0 Å². The van der Waals surface area contributed by atoms with Crippen LogP contribution in [-0.2, 0) is 4.79 Å². The van der Waals surface area contributed by atoms with Gasteiger partial charge in [0.1, 0.15) is 6.33 Å². The van der Waals surface area contributed by atoms with Crippen molar-refractivity contribution in [3.05, 3.63) is 65.4 Å². The number of carbonyl (C=O) groups is 1. The quantitative estimate of drug-likeness (QED) is 0.701. The van der Waals surface area contributed by atoms with Crippen molar-refractivity contribution in [3.8, 4) is 5.69 Å². The maximum atomic E-state index is 12.2. The zero-order valence-corrected chi connectivity index (χ0v) is 14.5. The number of aryl methyl sites for hydroxylation is 1.